The van der Waals surface area contributed by atoms with Crippen LogP contribution in [0.5, 0.6) is 0 Å². The van der Waals surface area contributed by atoms with Crippen molar-refractivity contribution in [1.29, 1.82) is 0 Å². The van der Waals surface area contributed by atoms with Gasteiger partial charge in [-0.3, -0.25) is 14.9 Å². The van der Waals surface area contributed by atoms with Gasteiger partial charge in [0.15, 0.2) is 0 Å². The molecule has 0 saturated carbocycles. The number of non-ortho nitro benzene ring substituents is 1. The van der Waals surface area contributed by atoms with Crippen LogP contribution in [0.4, 0.5) is 5.69 Å². The van der Waals surface area contributed by atoms with Gasteiger partial charge in [0.25, 0.3) is 5.69 Å². The van der Waals surface area contributed by atoms with Crippen LogP contribution in [0.3, 0.4) is 0 Å². The number of β-lactam (4-membered cyclic amide) rings is 1. The summed E-state index contributed by atoms with van der Waals surface area (Å²) in [6, 6.07) is 5.93. The maximum absolute atomic E-state index is 12.6. The number of nitro benzene ring substituents is 1. The molecule has 0 N–H and O–H groups in total. The molecule has 1 unspecified atom stereocenters. The number of esters is 1. The second-order valence-electron chi connectivity index (χ2n) is 6.20. The topological polar surface area (TPSA) is 89.8 Å². The number of amides is 1. The van der Waals surface area contributed by atoms with Crippen LogP contribution in [0.25, 0.3) is 0 Å². The van der Waals surface area contributed by atoms with Crippen LogP contribution in [-0.4, -0.2) is 33.5 Å². The van der Waals surface area contributed by atoms with Crippen LogP contribution in [0.15, 0.2) is 34.9 Å². The van der Waals surface area contributed by atoms with Gasteiger partial charge in [0.05, 0.1) is 16.9 Å². The minimum Gasteiger partial charge on any atom is -0.456 e. The fourth-order valence-electron chi connectivity index (χ4n) is 3.43. The van der Waals surface area contributed by atoms with Gasteiger partial charge in [0.1, 0.15) is 12.3 Å². The van der Waals surface area contributed by atoms with E-state index in [0.717, 1.165) is 17.1 Å². The van der Waals surface area contributed by atoms with Crippen molar-refractivity contribution >= 4 is 29.3 Å². The third kappa shape index (κ3) is 3.21. The molecule has 2 aliphatic heterocycles. The number of fused-ring (bicyclic) bond motifs is 1. The fourth-order valence-corrected chi connectivity index (χ4v) is 4.38. The summed E-state index contributed by atoms with van der Waals surface area (Å²) in [5, 5.41) is 10.7. The molecule has 1 amide bonds. The van der Waals surface area contributed by atoms with Gasteiger partial charge < -0.3 is 9.64 Å². The van der Waals surface area contributed by atoms with Gasteiger partial charge in [0, 0.05) is 23.5 Å². The number of rotatable bonds is 7. The lowest BCUT2D eigenvalue weighted by atomic mass is 9.85. The number of carbonyl (C=O) groups is 2. The highest BCUT2D eigenvalue weighted by Gasteiger charge is 2.54. The zero-order valence-electron chi connectivity index (χ0n) is 14.6. The van der Waals surface area contributed by atoms with Gasteiger partial charge in [-0.05, 0) is 29.9 Å². The van der Waals surface area contributed by atoms with Crippen molar-refractivity contribution in [2.75, 3.05) is 5.75 Å². The Balaban J connectivity index is 1.70. The van der Waals surface area contributed by atoms with Crippen LogP contribution in [-0.2, 0) is 20.9 Å². The van der Waals surface area contributed by atoms with Gasteiger partial charge in [0.2, 0.25) is 5.91 Å². The van der Waals surface area contributed by atoms with Crippen molar-refractivity contribution in [3.8, 4) is 0 Å². The van der Waals surface area contributed by atoms with Crippen molar-refractivity contribution in [2.45, 2.75) is 39.3 Å². The molecule has 1 aromatic carbocycles. The van der Waals surface area contributed by atoms with E-state index in [4.69, 9.17) is 4.74 Å². The van der Waals surface area contributed by atoms with Crippen LogP contribution < -0.4 is 0 Å². The predicted molar refractivity (Wildman–Crippen MR) is 97.1 cm³/mol. The van der Waals surface area contributed by atoms with E-state index in [1.807, 2.05) is 13.8 Å². The number of hydrogen-bond donors (Lipinski definition) is 0. The summed E-state index contributed by atoms with van der Waals surface area (Å²) < 4.78 is 5.38. The Hall–Kier alpha value is -2.35. The van der Waals surface area contributed by atoms with Crippen molar-refractivity contribution in [1.82, 2.24) is 4.90 Å². The van der Waals surface area contributed by atoms with Gasteiger partial charge in [-0.15, -0.1) is 11.8 Å². The Morgan fingerprint density at radius 2 is 2.04 bits per heavy atom. The van der Waals surface area contributed by atoms with Crippen LogP contribution in [0.2, 0.25) is 0 Å². The molecule has 0 radical (unpaired) electrons. The van der Waals surface area contributed by atoms with Gasteiger partial charge in [-0.2, -0.15) is 0 Å². The molecule has 0 aliphatic carbocycles. The first kappa shape index (κ1) is 18.4. The Labute approximate surface area is 155 Å². The number of carbonyl (C=O) groups excluding carboxylic acids is 2. The molecule has 0 aromatic heterocycles. The number of benzene rings is 1. The van der Waals surface area contributed by atoms with Gasteiger partial charge in [-0.25, -0.2) is 4.79 Å². The summed E-state index contributed by atoms with van der Waals surface area (Å²) >= 11 is 1.57. The molecule has 1 saturated heterocycles. The maximum Gasteiger partial charge on any atom is 0.356 e. The molecule has 1 aromatic rings. The average Bonchev–Trinajstić information content (AvgIpc) is 2.95. The number of nitrogens with zero attached hydrogens (tertiary/aromatic N) is 2. The van der Waals surface area contributed by atoms with E-state index in [2.05, 4.69) is 0 Å². The summed E-state index contributed by atoms with van der Waals surface area (Å²) in [6.07, 6.45) is 1.49. The van der Waals surface area contributed by atoms with Crippen molar-refractivity contribution in [3.05, 3.63) is 50.5 Å². The third-order valence-electron chi connectivity index (χ3n) is 4.72. The van der Waals surface area contributed by atoms with E-state index >= 15 is 0 Å². The van der Waals surface area contributed by atoms with Crippen LogP contribution in [0.1, 0.15) is 32.3 Å². The number of thioether (sulfide) groups is 1. The summed E-state index contributed by atoms with van der Waals surface area (Å²) in [5.41, 5.74) is 1.02. The molecule has 0 spiro atoms. The molecule has 7 nitrogen and oxygen atoms in total. The lowest BCUT2D eigenvalue weighted by molar-refractivity contribution is -0.384. The standard InChI is InChI=1S/C18H20N2O5S/c1-3-13-14-9-15(26-4-2)16(19(14)17(13)21)18(22)25-10-11-5-7-12(8-6-11)20(23)24/h5-8,13-14H,3-4,9-10H2,1-2H3/t13-,14?/m0/s1. The second-order valence-corrected chi connectivity index (χ2v) is 7.56. The smallest absolute Gasteiger partial charge is 0.356 e. The molecule has 2 heterocycles. The number of ether oxygens (including phenoxy) is 1. The highest BCUT2D eigenvalue weighted by Crippen LogP contribution is 2.47. The fraction of sp³-hybridized carbons (Fsp3) is 0.444. The monoisotopic (exact) mass is 376 g/mol. The molecule has 0 bridgehead atoms. The first-order valence-electron chi connectivity index (χ1n) is 8.57. The van der Waals surface area contributed by atoms with Crippen molar-refractivity contribution in [2.24, 2.45) is 5.92 Å². The van der Waals surface area contributed by atoms with E-state index in [1.165, 1.54) is 12.1 Å². The van der Waals surface area contributed by atoms with Crippen molar-refractivity contribution < 1.29 is 19.2 Å². The average molecular weight is 376 g/mol. The predicted octanol–water partition coefficient (Wildman–Crippen LogP) is 3.24. The zero-order valence-corrected chi connectivity index (χ0v) is 15.5. The van der Waals surface area contributed by atoms with E-state index < -0.39 is 10.9 Å². The normalized spacial score (nSPS) is 21.5. The molecule has 1 fully saturated rings. The van der Waals surface area contributed by atoms with E-state index in [0.29, 0.717) is 17.7 Å². The molecular weight excluding hydrogens is 356 g/mol. The van der Waals surface area contributed by atoms with Crippen LogP contribution in [0, 0.1) is 16.0 Å². The highest BCUT2D eigenvalue weighted by molar-refractivity contribution is 8.03. The molecule has 2 aliphatic rings. The molecule has 3 rings (SSSR count). The first-order chi connectivity index (χ1) is 12.5. The second kappa shape index (κ2) is 7.49. The Bertz CT molecular complexity index is 774. The van der Waals surface area contributed by atoms with Gasteiger partial charge >= 0.3 is 5.97 Å². The molecule has 26 heavy (non-hydrogen) atoms. The summed E-state index contributed by atoms with van der Waals surface area (Å²) in [7, 11) is 0. The number of hydrogen-bond acceptors (Lipinski definition) is 6. The SMILES string of the molecule is CCSC1=C(C(=O)OCc2ccc([N+](=O)[O-])cc2)N2C(=O)[C@@H](CC)C2C1. The Morgan fingerprint density at radius 3 is 2.62 bits per heavy atom. The maximum atomic E-state index is 12.6. The minimum atomic E-state index is -0.510. The van der Waals surface area contributed by atoms with Gasteiger partial charge in [-0.1, -0.05) is 13.8 Å². The Kier molecular flexibility index (Phi) is 5.31. The minimum absolute atomic E-state index is 0.00788. The lowest BCUT2D eigenvalue weighted by Crippen LogP contribution is -2.58. The Morgan fingerprint density at radius 1 is 1.35 bits per heavy atom. The molecule has 138 valence electrons. The third-order valence-corrected chi connectivity index (χ3v) is 5.72. The summed E-state index contributed by atoms with van der Waals surface area (Å²) in [4.78, 5) is 37.6. The summed E-state index contributed by atoms with van der Waals surface area (Å²) in [6.45, 7) is 4.00. The summed E-state index contributed by atoms with van der Waals surface area (Å²) in [5.74, 6) is 0.290. The van der Waals surface area contributed by atoms with Crippen molar-refractivity contribution in [3.63, 3.8) is 0 Å². The first-order valence-corrected chi connectivity index (χ1v) is 9.55. The molecule has 8 heteroatoms. The highest BCUT2D eigenvalue weighted by atomic mass is 32.2. The molecular formula is C18H20N2O5S. The molecule has 2 atom stereocenters. The zero-order chi connectivity index (χ0) is 18.8. The lowest BCUT2D eigenvalue weighted by Gasteiger charge is -2.43. The largest absolute Gasteiger partial charge is 0.456 e. The van der Waals surface area contributed by atoms with Crippen LogP contribution >= 0.6 is 11.8 Å². The van der Waals surface area contributed by atoms with E-state index in [1.54, 1.807) is 28.8 Å². The van der Waals surface area contributed by atoms with E-state index in [-0.39, 0.29) is 30.2 Å². The quantitative estimate of drug-likeness (QED) is 0.314. The number of nitro groups is 1. The van der Waals surface area contributed by atoms with E-state index in [9.17, 15) is 19.7 Å².